The predicted octanol–water partition coefficient (Wildman–Crippen LogP) is 4.03. The first kappa shape index (κ1) is 18.1. The number of amides is 1. The number of nitrogens with zero attached hydrogens (tertiary/aromatic N) is 1. The minimum atomic E-state index is -0.495. The summed E-state index contributed by atoms with van der Waals surface area (Å²) in [5.74, 6) is -0.438. The van der Waals surface area contributed by atoms with Gasteiger partial charge in [0.25, 0.3) is 5.91 Å². The van der Waals surface area contributed by atoms with Crippen molar-refractivity contribution in [2.24, 2.45) is 0 Å². The molecule has 0 bridgehead atoms. The molecule has 1 amide bonds. The van der Waals surface area contributed by atoms with Gasteiger partial charge in [-0.25, -0.2) is 0 Å². The van der Waals surface area contributed by atoms with Gasteiger partial charge in [0.15, 0.2) is 0 Å². The van der Waals surface area contributed by atoms with Crippen molar-refractivity contribution in [3.8, 4) is 11.8 Å². The predicted molar refractivity (Wildman–Crippen MR) is 99.3 cm³/mol. The van der Waals surface area contributed by atoms with Gasteiger partial charge < -0.3 is 15.7 Å². The van der Waals surface area contributed by atoms with E-state index < -0.39 is 5.91 Å². The van der Waals surface area contributed by atoms with Crippen molar-refractivity contribution in [3.63, 3.8) is 0 Å². The van der Waals surface area contributed by atoms with E-state index in [0.717, 1.165) is 28.8 Å². The number of aromatic hydroxyl groups is 1. The van der Waals surface area contributed by atoms with Gasteiger partial charge in [0.2, 0.25) is 0 Å². The monoisotopic (exact) mass is 335 g/mol. The van der Waals surface area contributed by atoms with Crippen LogP contribution >= 0.6 is 0 Å². The minimum absolute atomic E-state index is 0.0566. The summed E-state index contributed by atoms with van der Waals surface area (Å²) in [6, 6.07) is 12.8. The lowest BCUT2D eigenvalue weighted by atomic mass is 10.1. The summed E-state index contributed by atoms with van der Waals surface area (Å²) in [6.07, 6.45) is 2.07. The van der Waals surface area contributed by atoms with Crippen molar-refractivity contribution in [2.75, 3.05) is 10.6 Å². The number of hydrogen-bond donors (Lipinski definition) is 3. The fraction of sp³-hybridized carbons (Fsp3) is 0.200. The first-order valence-corrected chi connectivity index (χ1v) is 8.02. The quantitative estimate of drug-likeness (QED) is 0.437. The number of para-hydroxylation sites is 1. The Hall–Kier alpha value is -3.26. The van der Waals surface area contributed by atoms with E-state index in [1.54, 1.807) is 12.1 Å². The van der Waals surface area contributed by atoms with E-state index in [9.17, 15) is 15.2 Å². The van der Waals surface area contributed by atoms with Gasteiger partial charge >= 0.3 is 0 Å². The van der Waals surface area contributed by atoms with Crippen LogP contribution in [0.25, 0.3) is 0 Å². The van der Waals surface area contributed by atoms with Gasteiger partial charge in [-0.2, -0.15) is 5.26 Å². The van der Waals surface area contributed by atoms with Crippen LogP contribution < -0.4 is 10.6 Å². The number of hydrogen-bond acceptors (Lipinski definition) is 4. The average molecular weight is 335 g/mol. The molecule has 0 heterocycles. The molecule has 0 saturated carbocycles. The van der Waals surface area contributed by atoms with Gasteiger partial charge in [-0.15, -0.1) is 0 Å². The zero-order chi connectivity index (χ0) is 18.4. The summed E-state index contributed by atoms with van der Waals surface area (Å²) in [7, 11) is 0. The Morgan fingerprint density at radius 3 is 2.68 bits per heavy atom. The molecule has 2 aromatic carbocycles. The molecule has 2 rings (SSSR count). The molecule has 128 valence electrons. The molecule has 0 saturated heterocycles. The van der Waals surface area contributed by atoms with Crippen LogP contribution in [0.4, 0.5) is 11.4 Å². The highest BCUT2D eigenvalue weighted by Crippen LogP contribution is 2.24. The summed E-state index contributed by atoms with van der Waals surface area (Å²) in [5, 5.41) is 24.8. The number of aryl methyl sites for hydroxylation is 3. The molecule has 0 aromatic heterocycles. The Kier molecular flexibility index (Phi) is 5.80. The molecule has 0 atom stereocenters. The van der Waals surface area contributed by atoms with Crippen molar-refractivity contribution in [1.29, 1.82) is 5.26 Å². The topological polar surface area (TPSA) is 85.2 Å². The highest BCUT2D eigenvalue weighted by molar-refractivity contribution is 6.07. The number of nitriles is 1. The van der Waals surface area contributed by atoms with E-state index in [4.69, 9.17) is 0 Å². The second-order valence-corrected chi connectivity index (χ2v) is 5.75. The number of rotatable bonds is 5. The Bertz CT molecular complexity index is 864. The van der Waals surface area contributed by atoms with E-state index in [1.807, 2.05) is 51.1 Å². The van der Waals surface area contributed by atoms with Crippen LogP contribution in [0.2, 0.25) is 0 Å². The van der Waals surface area contributed by atoms with Gasteiger partial charge in [0.1, 0.15) is 17.4 Å². The molecule has 3 N–H and O–H groups in total. The third-order valence-corrected chi connectivity index (χ3v) is 3.87. The van der Waals surface area contributed by atoms with Crippen LogP contribution in [-0.2, 0) is 11.2 Å². The number of benzene rings is 2. The maximum absolute atomic E-state index is 12.4. The normalized spacial score (nSPS) is 10.9. The summed E-state index contributed by atoms with van der Waals surface area (Å²) in [5.41, 5.74) is 3.94. The number of phenols is 1. The fourth-order valence-electron chi connectivity index (χ4n) is 2.45. The summed E-state index contributed by atoms with van der Waals surface area (Å²) in [4.78, 5) is 12.4. The number of carbonyl (C=O) groups is 1. The van der Waals surface area contributed by atoms with Crippen LogP contribution in [-0.4, -0.2) is 11.0 Å². The van der Waals surface area contributed by atoms with Gasteiger partial charge in [-0.3, -0.25) is 4.79 Å². The van der Waals surface area contributed by atoms with E-state index in [1.165, 1.54) is 6.20 Å². The van der Waals surface area contributed by atoms with Crippen molar-refractivity contribution in [2.45, 2.75) is 27.2 Å². The van der Waals surface area contributed by atoms with Gasteiger partial charge in [0.05, 0.1) is 5.69 Å². The lowest BCUT2D eigenvalue weighted by molar-refractivity contribution is -0.112. The van der Waals surface area contributed by atoms with Crippen molar-refractivity contribution >= 4 is 17.3 Å². The van der Waals surface area contributed by atoms with E-state index in [2.05, 4.69) is 10.6 Å². The molecule has 0 aliphatic heterocycles. The maximum Gasteiger partial charge on any atom is 0.267 e. The lowest BCUT2D eigenvalue weighted by Crippen LogP contribution is -2.16. The van der Waals surface area contributed by atoms with Crippen LogP contribution in [0.5, 0.6) is 5.75 Å². The zero-order valence-corrected chi connectivity index (χ0v) is 14.6. The van der Waals surface area contributed by atoms with E-state index >= 15 is 0 Å². The lowest BCUT2D eigenvalue weighted by Gasteiger charge is -2.12. The Morgan fingerprint density at radius 1 is 1.28 bits per heavy atom. The average Bonchev–Trinajstić information content (AvgIpc) is 2.58. The number of phenolic OH excluding ortho intramolecular Hbond substituents is 1. The molecule has 0 fully saturated rings. The molecular weight excluding hydrogens is 314 g/mol. The summed E-state index contributed by atoms with van der Waals surface area (Å²) < 4.78 is 0. The summed E-state index contributed by atoms with van der Waals surface area (Å²) in [6.45, 7) is 5.78. The van der Waals surface area contributed by atoms with Crippen LogP contribution in [0.3, 0.4) is 0 Å². The largest absolute Gasteiger partial charge is 0.506 e. The third-order valence-electron chi connectivity index (χ3n) is 3.87. The number of anilines is 2. The first-order chi connectivity index (χ1) is 12.0. The van der Waals surface area contributed by atoms with Crippen molar-refractivity contribution < 1.29 is 9.90 Å². The molecule has 25 heavy (non-hydrogen) atoms. The Labute approximate surface area is 147 Å². The van der Waals surface area contributed by atoms with Crippen LogP contribution in [0, 0.1) is 25.2 Å². The second kappa shape index (κ2) is 8.02. The molecule has 0 aliphatic rings. The molecule has 0 spiro atoms. The minimum Gasteiger partial charge on any atom is -0.506 e. The smallest absolute Gasteiger partial charge is 0.267 e. The standard InChI is InChI=1S/C20H21N3O2/c1-4-15-7-5-6-14(3)19(15)23-20(25)16(11-21)12-22-17-9-8-13(2)10-18(17)24/h5-10,12,22,24H,4H2,1-3H3,(H,23,25)/b16-12-. The van der Waals surface area contributed by atoms with Gasteiger partial charge in [-0.05, 0) is 49.1 Å². The first-order valence-electron chi connectivity index (χ1n) is 8.02. The Balaban J connectivity index is 2.20. The van der Waals surface area contributed by atoms with Crippen LogP contribution in [0.15, 0.2) is 48.2 Å². The van der Waals surface area contributed by atoms with Gasteiger partial charge in [-0.1, -0.05) is 31.2 Å². The second-order valence-electron chi connectivity index (χ2n) is 5.75. The van der Waals surface area contributed by atoms with Gasteiger partial charge in [0, 0.05) is 11.9 Å². The highest BCUT2D eigenvalue weighted by Gasteiger charge is 2.13. The molecular formula is C20H21N3O2. The van der Waals surface area contributed by atoms with Crippen molar-refractivity contribution in [3.05, 3.63) is 64.9 Å². The maximum atomic E-state index is 12.4. The SMILES string of the molecule is CCc1cccc(C)c1NC(=O)/C(C#N)=C\Nc1ccc(C)cc1O. The summed E-state index contributed by atoms with van der Waals surface area (Å²) >= 11 is 0. The molecule has 5 nitrogen and oxygen atoms in total. The molecule has 5 heteroatoms. The van der Waals surface area contributed by atoms with Crippen molar-refractivity contribution in [1.82, 2.24) is 0 Å². The Morgan fingerprint density at radius 2 is 2.04 bits per heavy atom. The molecule has 2 aromatic rings. The fourth-order valence-corrected chi connectivity index (χ4v) is 2.45. The van der Waals surface area contributed by atoms with Crippen LogP contribution in [0.1, 0.15) is 23.6 Å². The molecule has 0 radical (unpaired) electrons. The molecule has 0 aliphatic carbocycles. The van der Waals surface area contributed by atoms with E-state index in [-0.39, 0.29) is 11.3 Å². The van der Waals surface area contributed by atoms with E-state index in [0.29, 0.717) is 5.69 Å². The zero-order valence-electron chi connectivity index (χ0n) is 14.6. The number of nitrogens with one attached hydrogen (secondary N) is 2. The third kappa shape index (κ3) is 4.39. The molecule has 0 unspecified atom stereocenters. The highest BCUT2D eigenvalue weighted by atomic mass is 16.3. The number of carbonyl (C=O) groups excluding carboxylic acids is 1.